The Morgan fingerprint density at radius 3 is 1.26 bits per heavy atom. The number of nitrogens with zero attached hydrogens (tertiary/aromatic N) is 6. The van der Waals surface area contributed by atoms with Gasteiger partial charge in [0.1, 0.15) is 12.1 Å². The second-order valence-electron chi connectivity index (χ2n) is 11.5. The minimum atomic E-state index is -7.38. The standard InChI is InChI=1S/C36H42N8O20S/c1-7-57-43(53-5)29(47)35(59-27(45)19-37,63-33(23-39,61-31(49)41-3)55-21-25-15-11-9-12-16-25)65(51,52)36(60-28(46)20-38,30(48)44(54-6)58-8-2)64-34(24-40,62-32(50)42-4)56-22-26-17-13-10-14-18-26/h9-18,27-28,45-46H,7-8,21-22H2,1-6H3,(H,41,49)(H,42,50). The molecule has 29 heteroatoms. The number of amides is 4. The van der Waals surface area contributed by atoms with Gasteiger partial charge < -0.3 is 39.8 Å². The van der Waals surface area contributed by atoms with Crippen LogP contribution in [0.3, 0.4) is 0 Å². The number of sulfone groups is 1. The molecule has 65 heavy (non-hydrogen) atoms. The van der Waals surface area contributed by atoms with Crippen LogP contribution in [-0.4, -0.2) is 129 Å². The van der Waals surface area contributed by atoms with Crippen LogP contribution in [-0.2, 0) is 89.9 Å². The van der Waals surface area contributed by atoms with Gasteiger partial charge in [-0.3, -0.25) is 19.1 Å². The summed E-state index contributed by atoms with van der Waals surface area (Å²) in [6.45, 7) is -0.741. The zero-order chi connectivity index (χ0) is 48.9. The molecule has 0 spiro atoms. The molecule has 2 aromatic rings. The number of nitriles is 4. The second-order valence-corrected chi connectivity index (χ2v) is 13.6. The minimum absolute atomic E-state index is 0.114. The largest absolute Gasteiger partial charge is 0.431 e. The maximum absolute atomic E-state index is 16.1. The summed E-state index contributed by atoms with van der Waals surface area (Å²) in [5.74, 6) is -13.2. The van der Waals surface area contributed by atoms with Crippen LogP contribution in [0.1, 0.15) is 25.0 Å². The van der Waals surface area contributed by atoms with E-state index in [0.717, 1.165) is 38.4 Å². The van der Waals surface area contributed by atoms with Crippen LogP contribution in [0.25, 0.3) is 0 Å². The molecule has 0 bridgehead atoms. The molecule has 28 nitrogen and oxygen atoms in total. The summed E-state index contributed by atoms with van der Waals surface area (Å²) in [6, 6.07) is 18.6. The molecule has 0 radical (unpaired) electrons. The molecule has 0 saturated carbocycles. The first-order chi connectivity index (χ1) is 30.9. The molecule has 0 aromatic heterocycles. The van der Waals surface area contributed by atoms with Crippen molar-refractivity contribution in [1.82, 2.24) is 21.1 Å². The molecular formula is C36H42N8O20S. The lowest BCUT2D eigenvalue weighted by Gasteiger charge is -2.44. The van der Waals surface area contributed by atoms with E-state index in [4.69, 9.17) is 57.2 Å². The van der Waals surface area contributed by atoms with E-state index in [9.17, 15) is 50.4 Å². The van der Waals surface area contributed by atoms with Gasteiger partial charge in [0.05, 0.1) is 40.6 Å². The second kappa shape index (κ2) is 25.0. The highest BCUT2D eigenvalue weighted by Gasteiger charge is 2.77. The van der Waals surface area contributed by atoms with Gasteiger partial charge in [0, 0.05) is 14.1 Å². The number of rotatable bonds is 26. The van der Waals surface area contributed by atoms with Crippen molar-refractivity contribution in [2.45, 2.75) is 61.8 Å². The number of ether oxygens (including phenoxy) is 8. The summed E-state index contributed by atoms with van der Waals surface area (Å²) in [5, 5.41) is 55.3. The summed E-state index contributed by atoms with van der Waals surface area (Å²) in [4.78, 5) is 75.5. The summed E-state index contributed by atoms with van der Waals surface area (Å²) < 4.78 is 74.1. The number of hydrogen-bond donors (Lipinski definition) is 4. The van der Waals surface area contributed by atoms with Crippen LogP contribution in [0.5, 0.6) is 0 Å². The maximum Gasteiger partial charge on any atom is 0.431 e. The number of alkyl carbamates (subject to hydrolysis) is 2. The van der Waals surface area contributed by atoms with Crippen molar-refractivity contribution in [3.63, 3.8) is 0 Å². The zero-order valence-corrected chi connectivity index (χ0v) is 35.9. The smallest absolute Gasteiger partial charge is 0.379 e. The molecule has 4 amide bonds. The molecule has 4 N–H and O–H groups in total. The van der Waals surface area contributed by atoms with E-state index < -0.39 is 105 Å². The molecule has 0 heterocycles. The van der Waals surface area contributed by atoms with Gasteiger partial charge in [-0.15, -0.1) is 0 Å². The molecule has 0 saturated heterocycles. The van der Waals surface area contributed by atoms with Gasteiger partial charge in [0.2, 0.25) is 12.6 Å². The Labute approximate surface area is 369 Å². The number of carbonyl (C=O) groups excluding carboxylic acids is 4. The van der Waals surface area contributed by atoms with Crippen LogP contribution in [0.4, 0.5) is 9.59 Å². The van der Waals surface area contributed by atoms with Crippen molar-refractivity contribution >= 4 is 33.8 Å². The number of hydrogen-bond acceptors (Lipinski definition) is 24. The van der Waals surface area contributed by atoms with Gasteiger partial charge in [0.15, 0.2) is 12.1 Å². The number of benzene rings is 2. The van der Waals surface area contributed by atoms with Crippen LogP contribution >= 0.6 is 0 Å². The first-order valence-corrected chi connectivity index (χ1v) is 19.5. The quantitative estimate of drug-likeness (QED) is 0.0531. The molecule has 0 aliphatic heterocycles. The van der Waals surface area contributed by atoms with E-state index in [0.29, 0.717) is 14.2 Å². The highest BCUT2D eigenvalue weighted by Crippen LogP contribution is 2.44. The fourth-order valence-corrected chi connectivity index (χ4v) is 6.43. The van der Waals surface area contributed by atoms with Crippen molar-refractivity contribution in [3.05, 3.63) is 71.8 Å². The Morgan fingerprint density at radius 1 is 0.662 bits per heavy atom. The summed E-state index contributed by atoms with van der Waals surface area (Å²) in [5.41, 5.74) is 0.228. The lowest BCUT2D eigenvalue weighted by molar-refractivity contribution is -0.414. The third-order valence-electron chi connectivity index (χ3n) is 7.36. The molecule has 0 fully saturated rings. The monoisotopic (exact) mass is 938 g/mol. The summed E-state index contributed by atoms with van der Waals surface area (Å²) >= 11 is 0. The lowest BCUT2D eigenvalue weighted by Crippen LogP contribution is -2.73. The van der Waals surface area contributed by atoms with Gasteiger partial charge in [-0.2, -0.15) is 21.0 Å². The van der Waals surface area contributed by atoms with Crippen molar-refractivity contribution in [2.75, 3.05) is 41.5 Å². The molecule has 0 aliphatic carbocycles. The van der Waals surface area contributed by atoms with Crippen molar-refractivity contribution < 1.29 is 95.1 Å². The normalized spacial score (nSPS) is 15.7. The van der Waals surface area contributed by atoms with Gasteiger partial charge >= 0.3 is 46.2 Å². The number of aliphatic hydroxyl groups is 2. The molecule has 6 atom stereocenters. The molecule has 2 rings (SSSR count). The van der Waals surface area contributed by atoms with Crippen LogP contribution in [0.15, 0.2) is 60.7 Å². The third kappa shape index (κ3) is 13.2. The Bertz CT molecular complexity index is 2060. The Kier molecular flexibility index (Phi) is 21.0. The first kappa shape index (κ1) is 54.5. The van der Waals surface area contributed by atoms with E-state index in [1.807, 2.05) is 10.6 Å². The Balaban J connectivity index is 3.48. The summed E-state index contributed by atoms with van der Waals surface area (Å²) in [6.07, 6.45) is -10.0. The lowest BCUT2D eigenvalue weighted by atomic mass is 10.2. The van der Waals surface area contributed by atoms with Crippen LogP contribution in [0, 0.1) is 45.3 Å². The number of hydroxylamine groups is 4. The fraction of sp³-hybridized carbons (Fsp3) is 0.444. The SMILES string of the molecule is CCON(OC)C(=O)C(OC(O)C#N)(OC(C#N)(OCc1ccccc1)OC(=O)NC)S(=O)(=O)C(OC(O)C#N)(OC(C#N)(OCc1ccccc1)OC(=O)NC)C(=O)N(OC)OCC. The number of aliphatic hydroxyl groups excluding tert-OH is 2. The first-order valence-electron chi connectivity index (χ1n) is 18.1. The van der Waals surface area contributed by atoms with Crippen LogP contribution in [0.2, 0.25) is 0 Å². The average molecular weight is 939 g/mol. The predicted octanol–water partition coefficient (Wildman–Crippen LogP) is -0.357. The van der Waals surface area contributed by atoms with E-state index in [-0.39, 0.29) is 11.1 Å². The maximum atomic E-state index is 16.1. The molecular weight excluding hydrogens is 896 g/mol. The topological polar surface area (TPSA) is 379 Å². The zero-order valence-electron chi connectivity index (χ0n) is 35.1. The molecule has 6 unspecified atom stereocenters. The number of nitrogens with one attached hydrogen (secondary N) is 2. The van der Waals surface area contributed by atoms with E-state index in [2.05, 4.69) is 0 Å². The summed E-state index contributed by atoms with van der Waals surface area (Å²) in [7, 11) is -4.27. The molecule has 0 aliphatic rings. The van der Waals surface area contributed by atoms with E-state index in [1.54, 1.807) is 0 Å². The van der Waals surface area contributed by atoms with Crippen molar-refractivity contribution in [1.29, 1.82) is 21.0 Å². The van der Waals surface area contributed by atoms with Gasteiger partial charge in [-0.25, -0.2) is 46.8 Å². The van der Waals surface area contributed by atoms with Crippen molar-refractivity contribution in [3.8, 4) is 24.3 Å². The van der Waals surface area contributed by atoms with Gasteiger partial charge in [-0.05, 0) is 25.0 Å². The van der Waals surface area contributed by atoms with Gasteiger partial charge in [0.25, 0.3) is 9.84 Å². The van der Waals surface area contributed by atoms with E-state index in [1.165, 1.54) is 74.5 Å². The van der Waals surface area contributed by atoms with Crippen molar-refractivity contribution in [2.24, 2.45) is 0 Å². The minimum Gasteiger partial charge on any atom is -0.379 e. The van der Waals surface area contributed by atoms with E-state index >= 15 is 8.42 Å². The third-order valence-corrected chi connectivity index (χ3v) is 9.48. The Morgan fingerprint density at radius 2 is 1.00 bits per heavy atom. The predicted molar refractivity (Wildman–Crippen MR) is 203 cm³/mol. The highest BCUT2D eigenvalue weighted by molar-refractivity contribution is 7.95. The molecule has 2 aromatic carbocycles. The van der Waals surface area contributed by atoms with Gasteiger partial charge in [-0.1, -0.05) is 71.1 Å². The van der Waals surface area contributed by atoms with Crippen LogP contribution < -0.4 is 10.6 Å². The Hall–Kier alpha value is -6.65. The average Bonchev–Trinajstić information content (AvgIpc) is 3.32. The molecule has 352 valence electrons. The fourth-order valence-electron chi connectivity index (χ4n) is 4.59. The number of carbonyl (C=O) groups is 4. The highest BCUT2D eigenvalue weighted by atomic mass is 32.2.